The van der Waals surface area contributed by atoms with Gasteiger partial charge in [-0.1, -0.05) is 51.1 Å². The van der Waals surface area contributed by atoms with E-state index in [-0.39, 0.29) is 22.5 Å². The summed E-state index contributed by atoms with van der Waals surface area (Å²) in [7, 11) is -4.53. The lowest BCUT2D eigenvalue weighted by Gasteiger charge is -2.61. The van der Waals surface area contributed by atoms with Crippen LogP contribution in [-0.2, 0) is 15.6 Å². The molecular weight excluding hydrogens is 501 g/mol. The monoisotopic (exact) mass is 545 g/mol. The molecule has 210 valence electrons. The van der Waals surface area contributed by atoms with Crippen molar-refractivity contribution in [2.75, 3.05) is 13.1 Å². The summed E-state index contributed by atoms with van der Waals surface area (Å²) in [6.07, 6.45) is 4.84. The first-order valence-corrected chi connectivity index (χ1v) is 15.1. The van der Waals surface area contributed by atoms with Crippen LogP contribution < -0.4 is 4.74 Å². The first-order valence-electron chi connectivity index (χ1n) is 13.7. The molecular formula is C31H44FNO4S. The van der Waals surface area contributed by atoms with Crippen molar-refractivity contribution in [1.29, 1.82) is 0 Å². The van der Waals surface area contributed by atoms with Gasteiger partial charge < -0.3 is 9.84 Å². The van der Waals surface area contributed by atoms with E-state index in [1.54, 1.807) is 13.0 Å². The highest BCUT2D eigenvalue weighted by Gasteiger charge is 2.69. The number of ether oxygens (including phenoxy) is 1. The standard InChI is InChI=1S/C22H31NO2.C7H7FO2S.C2H6/c1-6-12-23-13-11-21-18-14(2)7-8-15(3)19(18)25-20(21)16(4)9-10-22(21,24)17(23)5;1-6-3-2-4-7(5-6)11(8,9)10;1-2/h6-8,16-17,20,24H,1,9-13H2,2-5H3;2-5H,1H3;1-2H3. The lowest BCUT2D eigenvalue weighted by atomic mass is 9.51. The van der Waals surface area contributed by atoms with Crippen LogP contribution in [0.5, 0.6) is 5.75 Å². The van der Waals surface area contributed by atoms with E-state index in [1.807, 2.05) is 19.9 Å². The van der Waals surface area contributed by atoms with Gasteiger partial charge in [-0.25, -0.2) is 0 Å². The molecule has 5 unspecified atom stereocenters. The minimum atomic E-state index is -4.53. The highest BCUT2D eigenvalue weighted by Crippen LogP contribution is 2.62. The van der Waals surface area contributed by atoms with Gasteiger partial charge in [0.15, 0.2) is 0 Å². The largest absolute Gasteiger partial charge is 0.489 e. The molecule has 7 heteroatoms. The second kappa shape index (κ2) is 11.5. The summed E-state index contributed by atoms with van der Waals surface area (Å²) < 4.78 is 39.5. The molecule has 5 atom stereocenters. The Morgan fingerprint density at radius 3 is 2.37 bits per heavy atom. The van der Waals surface area contributed by atoms with Crippen molar-refractivity contribution in [2.24, 2.45) is 5.92 Å². The van der Waals surface area contributed by atoms with E-state index >= 15 is 0 Å². The Morgan fingerprint density at radius 1 is 1.13 bits per heavy atom. The number of benzene rings is 2. The van der Waals surface area contributed by atoms with E-state index in [1.165, 1.54) is 34.9 Å². The van der Waals surface area contributed by atoms with E-state index < -0.39 is 15.8 Å². The number of piperidine rings is 1. The van der Waals surface area contributed by atoms with Crippen molar-refractivity contribution < 1.29 is 22.1 Å². The van der Waals surface area contributed by atoms with Crippen LogP contribution in [0.4, 0.5) is 3.89 Å². The number of hydrogen-bond donors (Lipinski definition) is 1. The van der Waals surface area contributed by atoms with Gasteiger partial charge in [-0.3, -0.25) is 4.90 Å². The molecule has 0 bridgehead atoms. The van der Waals surface area contributed by atoms with Crippen molar-refractivity contribution in [3.63, 3.8) is 0 Å². The Hall–Kier alpha value is -2.22. The van der Waals surface area contributed by atoms with Crippen LogP contribution in [0.3, 0.4) is 0 Å². The minimum Gasteiger partial charge on any atom is -0.489 e. The third kappa shape index (κ3) is 5.05. The van der Waals surface area contributed by atoms with Crippen molar-refractivity contribution in [1.82, 2.24) is 4.90 Å². The number of likely N-dealkylation sites (tertiary alicyclic amines) is 1. The second-order valence-corrected chi connectivity index (χ2v) is 12.2. The normalized spacial score (nSPS) is 29.8. The van der Waals surface area contributed by atoms with Gasteiger partial charge >= 0.3 is 10.2 Å². The number of aryl methyl sites for hydroxylation is 3. The molecule has 0 radical (unpaired) electrons. The fourth-order valence-corrected chi connectivity index (χ4v) is 7.38. The van der Waals surface area contributed by atoms with Crippen LogP contribution in [-0.4, -0.2) is 49.3 Å². The first-order chi connectivity index (χ1) is 17.9. The molecule has 2 fully saturated rings. The van der Waals surface area contributed by atoms with Crippen molar-refractivity contribution >= 4 is 10.2 Å². The maximum absolute atomic E-state index is 12.3. The molecule has 2 aromatic carbocycles. The Balaban J connectivity index is 0.000000259. The molecule has 5 nitrogen and oxygen atoms in total. The van der Waals surface area contributed by atoms with Gasteiger partial charge in [0.05, 0.1) is 15.9 Å². The Morgan fingerprint density at radius 2 is 1.79 bits per heavy atom. The summed E-state index contributed by atoms with van der Waals surface area (Å²) in [5, 5.41) is 12.1. The zero-order valence-electron chi connectivity index (χ0n) is 23.9. The lowest BCUT2D eigenvalue weighted by molar-refractivity contribution is -0.184. The Kier molecular flexibility index (Phi) is 9.17. The van der Waals surface area contributed by atoms with Gasteiger partial charge in [0, 0.05) is 18.2 Å². The molecule has 1 saturated heterocycles. The van der Waals surface area contributed by atoms with Crippen molar-refractivity contribution in [3.05, 3.63) is 71.3 Å². The summed E-state index contributed by atoms with van der Waals surface area (Å²) in [6, 6.07) is 10.2. The highest BCUT2D eigenvalue weighted by molar-refractivity contribution is 7.86. The summed E-state index contributed by atoms with van der Waals surface area (Å²) in [6.45, 7) is 20.2. The zero-order valence-corrected chi connectivity index (χ0v) is 24.7. The van der Waals surface area contributed by atoms with Crippen LogP contribution in [0.2, 0.25) is 0 Å². The average molecular weight is 546 g/mol. The fourth-order valence-electron chi connectivity index (χ4n) is 6.81. The SMILES string of the molecule is C=CCN1CCC23c4c(C)ccc(C)c4OC2C(C)CCC3(O)C1C.CC.Cc1cccc(S(=O)(=O)F)c1. The molecule has 0 amide bonds. The zero-order chi connectivity index (χ0) is 28.5. The molecule has 2 aliphatic heterocycles. The summed E-state index contributed by atoms with van der Waals surface area (Å²) >= 11 is 0. The van der Waals surface area contributed by atoms with Crippen molar-refractivity contribution in [3.8, 4) is 5.75 Å². The minimum absolute atomic E-state index is 0.0781. The van der Waals surface area contributed by atoms with Gasteiger partial charge in [0.1, 0.15) is 11.9 Å². The molecule has 2 heterocycles. The maximum atomic E-state index is 12.3. The van der Waals surface area contributed by atoms with Crippen LogP contribution in [0.1, 0.15) is 69.2 Å². The van der Waals surface area contributed by atoms with Crippen LogP contribution in [0.25, 0.3) is 0 Å². The molecule has 38 heavy (non-hydrogen) atoms. The second-order valence-electron chi connectivity index (χ2n) is 10.8. The smallest absolute Gasteiger partial charge is 0.332 e. The number of fused-ring (bicyclic) bond motifs is 1. The molecule has 1 spiro atoms. The fraction of sp³-hybridized carbons (Fsp3) is 0.548. The lowest BCUT2D eigenvalue weighted by Crippen LogP contribution is -2.73. The highest BCUT2D eigenvalue weighted by atomic mass is 32.3. The predicted octanol–water partition coefficient (Wildman–Crippen LogP) is 6.42. The summed E-state index contributed by atoms with van der Waals surface area (Å²) in [4.78, 5) is 2.10. The Labute approximate surface area is 228 Å². The number of hydrogen-bond acceptors (Lipinski definition) is 5. The third-order valence-electron chi connectivity index (χ3n) is 8.68. The molecule has 1 saturated carbocycles. The topological polar surface area (TPSA) is 66.8 Å². The van der Waals surface area contributed by atoms with Gasteiger partial charge in [-0.2, -0.15) is 8.42 Å². The summed E-state index contributed by atoms with van der Waals surface area (Å²) in [5.74, 6) is 1.51. The molecule has 2 aromatic rings. The Bertz CT molecular complexity index is 1260. The van der Waals surface area contributed by atoms with Crippen LogP contribution >= 0.6 is 0 Å². The van der Waals surface area contributed by atoms with E-state index in [0.29, 0.717) is 5.92 Å². The molecule has 0 aromatic heterocycles. The van der Waals surface area contributed by atoms with Gasteiger partial charge in [0.25, 0.3) is 0 Å². The van der Waals surface area contributed by atoms with Gasteiger partial charge in [-0.05, 0) is 88.2 Å². The third-order valence-corrected chi connectivity index (χ3v) is 9.49. The van der Waals surface area contributed by atoms with Crippen molar-refractivity contribution in [2.45, 2.75) is 95.8 Å². The van der Waals surface area contributed by atoms with E-state index in [4.69, 9.17) is 4.74 Å². The van der Waals surface area contributed by atoms with E-state index in [0.717, 1.165) is 43.7 Å². The van der Waals surface area contributed by atoms with Crippen LogP contribution in [0, 0.1) is 26.7 Å². The number of halogens is 1. The summed E-state index contributed by atoms with van der Waals surface area (Å²) in [5.41, 5.74) is 3.43. The van der Waals surface area contributed by atoms with E-state index in [9.17, 15) is 17.4 Å². The molecule has 1 aliphatic carbocycles. The number of nitrogens with zero attached hydrogens (tertiary/aromatic N) is 1. The average Bonchev–Trinajstić information content (AvgIpc) is 3.25. The maximum Gasteiger partial charge on any atom is 0.332 e. The molecule has 3 aliphatic rings. The number of rotatable bonds is 3. The van der Waals surface area contributed by atoms with Crippen LogP contribution in [0.15, 0.2) is 53.9 Å². The molecule has 1 N–H and O–H groups in total. The number of aliphatic hydroxyl groups is 1. The predicted molar refractivity (Wildman–Crippen MR) is 152 cm³/mol. The quantitative estimate of drug-likeness (QED) is 0.356. The molecule has 5 rings (SSSR count). The van der Waals surface area contributed by atoms with E-state index in [2.05, 4.69) is 51.3 Å². The first kappa shape index (κ1) is 30.3. The van der Waals surface area contributed by atoms with Gasteiger partial charge in [0.2, 0.25) is 0 Å². The van der Waals surface area contributed by atoms with Gasteiger partial charge in [-0.15, -0.1) is 10.5 Å².